The number of carbonyl (C=O) groups is 2. The van der Waals surface area contributed by atoms with Crippen molar-refractivity contribution in [2.75, 3.05) is 19.5 Å². The minimum atomic E-state index is -0.757. The molecule has 2 N–H and O–H groups in total. The largest absolute Gasteiger partial charge is 0.468 e. The highest BCUT2D eigenvalue weighted by molar-refractivity contribution is 5.95. The van der Waals surface area contributed by atoms with Crippen LogP contribution >= 0.6 is 0 Å². The Bertz CT molecular complexity index is 1340. The summed E-state index contributed by atoms with van der Waals surface area (Å²) in [5, 5.41) is 15.1. The molecule has 0 amide bonds. The molecule has 11 nitrogen and oxygen atoms in total. The number of hydrogen-bond acceptors (Lipinski definition) is 10. The Morgan fingerprint density at radius 3 is 2.70 bits per heavy atom. The van der Waals surface area contributed by atoms with E-state index in [-0.39, 0.29) is 0 Å². The summed E-state index contributed by atoms with van der Waals surface area (Å²) in [7, 11) is 2.95. The van der Waals surface area contributed by atoms with Crippen molar-refractivity contribution in [3.63, 3.8) is 0 Å². The maximum atomic E-state index is 12.6. The van der Waals surface area contributed by atoms with E-state index in [0.29, 0.717) is 39.2 Å². The molecule has 33 heavy (non-hydrogen) atoms. The first-order chi connectivity index (χ1) is 15.7. The number of esters is 1. The van der Waals surface area contributed by atoms with Gasteiger partial charge in [-0.15, -0.1) is 5.10 Å². The fraction of sp³-hybridized carbons (Fsp3) is 0.318. The summed E-state index contributed by atoms with van der Waals surface area (Å²) in [5.74, 6) is -0.0988. The molecule has 0 aliphatic carbocycles. The Morgan fingerprint density at radius 2 is 2.00 bits per heavy atom. The zero-order valence-corrected chi connectivity index (χ0v) is 18.9. The van der Waals surface area contributed by atoms with Gasteiger partial charge in [0, 0.05) is 23.3 Å². The number of hydrogen-bond donors (Lipinski definition) is 2. The number of pyridine rings is 1. The molecular weight excluding hydrogens is 428 g/mol. The lowest BCUT2D eigenvalue weighted by Crippen LogP contribution is -2.27. The van der Waals surface area contributed by atoms with Gasteiger partial charge in [0.15, 0.2) is 17.4 Å². The number of aromatic nitrogens is 4. The smallest absolute Gasteiger partial charge is 0.435 e. The van der Waals surface area contributed by atoms with Gasteiger partial charge in [-0.25, -0.2) is 9.59 Å². The van der Waals surface area contributed by atoms with Crippen LogP contribution in [0.2, 0.25) is 0 Å². The van der Waals surface area contributed by atoms with Gasteiger partial charge in [0.1, 0.15) is 22.3 Å². The molecule has 0 saturated heterocycles. The van der Waals surface area contributed by atoms with Crippen LogP contribution in [-0.2, 0) is 14.3 Å². The van der Waals surface area contributed by atoms with Gasteiger partial charge in [-0.1, -0.05) is 5.16 Å². The van der Waals surface area contributed by atoms with E-state index in [2.05, 4.69) is 25.9 Å². The van der Waals surface area contributed by atoms with E-state index >= 15 is 0 Å². The second-order valence-electron chi connectivity index (χ2n) is 8.26. The molecule has 4 rings (SSSR count). The second-order valence-corrected chi connectivity index (χ2v) is 8.26. The number of ether oxygens (including phenoxy) is 2. The molecule has 172 valence electrons. The Hall–Kier alpha value is -3.99. The van der Waals surface area contributed by atoms with Crippen LogP contribution in [0, 0.1) is 0 Å². The van der Waals surface area contributed by atoms with E-state index in [1.807, 2.05) is 0 Å². The molecule has 1 atom stereocenters. The molecule has 3 heterocycles. The summed E-state index contributed by atoms with van der Waals surface area (Å²) >= 11 is 0. The predicted octanol–water partition coefficient (Wildman–Crippen LogP) is 3.53. The van der Waals surface area contributed by atoms with Gasteiger partial charge in [0.05, 0.1) is 7.11 Å². The van der Waals surface area contributed by atoms with Gasteiger partial charge in [0.25, 0.3) is 0 Å². The third kappa shape index (κ3) is 4.35. The van der Waals surface area contributed by atoms with Crippen molar-refractivity contribution in [3.8, 4) is 0 Å². The van der Waals surface area contributed by atoms with E-state index in [1.165, 1.54) is 11.8 Å². The van der Waals surface area contributed by atoms with E-state index in [1.54, 1.807) is 64.3 Å². The number of nitrogens with one attached hydrogen (secondary N) is 2. The van der Waals surface area contributed by atoms with Crippen LogP contribution in [0.1, 0.15) is 32.5 Å². The fourth-order valence-corrected chi connectivity index (χ4v) is 3.34. The topological polar surface area (TPSA) is 133 Å². The van der Waals surface area contributed by atoms with Crippen molar-refractivity contribution < 1.29 is 23.6 Å². The number of benzene rings is 1. The van der Waals surface area contributed by atoms with Crippen molar-refractivity contribution in [2.45, 2.75) is 32.4 Å². The van der Waals surface area contributed by atoms with Crippen molar-refractivity contribution >= 4 is 45.6 Å². The molecule has 0 saturated carbocycles. The summed E-state index contributed by atoms with van der Waals surface area (Å²) in [4.78, 5) is 29.0. The molecular formula is C22H24N6O5. The highest BCUT2D eigenvalue weighted by Gasteiger charge is 2.26. The first kappa shape index (κ1) is 22.2. The lowest BCUT2D eigenvalue weighted by atomic mass is 10.1. The Labute approximate surface area is 189 Å². The molecule has 0 fully saturated rings. The van der Waals surface area contributed by atoms with Crippen molar-refractivity contribution in [3.05, 3.63) is 42.2 Å². The van der Waals surface area contributed by atoms with Crippen molar-refractivity contribution in [2.24, 2.45) is 0 Å². The van der Waals surface area contributed by atoms with Crippen LogP contribution in [0.3, 0.4) is 0 Å². The first-order valence-corrected chi connectivity index (χ1v) is 10.2. The zero-order valence-electron chi connectivity index (χ0n) is 18.9. The van der Waals surface area contributed by atoms with E-state index in [0.717, 1.165) is 0 Å². The Balaban J connectivity index is 1.68. The van der Waals surface area contributed by atoms with Crippen molar-refractivity contribution in [1.82, 2.24) is 25.2 Å². The zero-order chi connectivity index (χ0) is 23.8. The monoisotopic (exact) mass is 452 g/mol. The molecule has 0 radical (unpaired) electrons. The Kier molecular flexibility index (Phi) is 5.73. The summed E-state index contributed by atoms with van der Waals surface area (Å²) in [6, 6.07) is 7.98. The standard InChI is InChI=1S/C22H24N6O5/c1-22(2,3)32-21(30)28-14-7-6-10-24-17(14)19(26-28)25-12-8-9-13-15(11-12)33-27-16(13)18(23-4)20(29)31-5/h6-11,18,23H,1-5H3,(H,25,26). The SMILES string of the molecule is CNC(C(=O)OC)c1noc2cc(Nc3nn(C(=O)OC(C)(C)C)c4cccnc34)ccc12. The molecule has 3 aromatic heterocycles. The molecule has 11 heteroatoms. The number of rotatable bonds is 5. The van der Waals surface area contributed by atoms with Gasteiger partial charge < -0.3 is 24.6 Å². The molecule has 0 bridgehead atoms. The van der Waals surface area contributed by atoms with Crippen LogP contribution in [0.5, 0.6) is 0 Å². The van der Waals surface area contributed by atoms with Gasteiger partial charge in [-0.05, 0) is 52.1 Å². The number of fused-ring (bicyclic) bond motifs is 2. The average molecular weight is 452 g/mol. The van der Waals surface area contributed by atoms with E-state index in [4.69, 9.17) is 14.0 Å². The second kappa shape index (κ2) is 8.51. The van der Waals surface area contributed by atoms with E-state index in [9.17, 15) is 9.59 Å². The van der Waals surface area contributed by atoms with Gasteiger partial charge in [0.2, 0.25) is 0 Å². The van der Waals surface area contributed by atoms with Crippen LogP contribution in [0.4, 0.5) is 16.3 Å². The summed E-state index contributed by atoms with van der Waals surface area (Å²) in [6.07, 6.45) is 1.01. The molecule has 1 aromatic carbocycles. The number of carbonyl (C=O) groups excluding carboxylic acids is 2. The summed E-state index contributed by atoms with van der Waals surface area (Å²) in [5.41, 5.74) is 1.85. The minimum Gasteiger partial charge on any atom is -0.468 e. The summed E-state index contributed by atoms with van der Waals surface area (Å²) in [6.45, 7) is 5.36. The summed E-state index contributed by atoms with van der Waals surface area (Å²) < 4.78 is 16.9. The maximum Gasteiger partial charge on any atom is 0.435 e. The van der Waals surface area contributed by atoms with Crippen LogP contribution < -0.4 is 10.6 Å². The molecule has 0 aliphatic rings. The lowest BCUT2D eigenvalue weighted by Gasteiger charge is -2.19. The molecule has 4 aromatic rings. The van der Waals surface area contributed by atoms with E-state index < -0.39 is 23.7 Å². The predicted molar refractivity (Wildman–Crippen MR) is 120 cm³/mol. The highest BCUT2D eigenvalue weighted by Crippen LogP contribution is 2.30. The number of nitrogens with zero attached hydrogens (tertiary/aromatic N) is 4. The van der Waals surface area contributed by atoms with Gasteiger partial charge in [-0.2, -0.15) is 4.68 Å². The van der Waals surface area contributed by atoms with Crippen molar-refractivity contribution in [1.29, 1.82) is 0 Å². The normalized spacial score (nSPS) is 12.6. The highest BCUT2D eigenvalue weighted by atomic mass is 16.6. The van der Waals surface area contributed by atoms with Crippen LogP contribution in [0.15, 0.2) is 41.1 Å². The fourth-order valence-electron chi connectivity index (χ4n) is 3.34. The molecule has 0 aliphatic heterocycles. The van der Waals surface area contributed by atoms with Crippen LogP contribution in [-0.4, -0.2) is 51.7 Å². The van der Waals surface area contributed by atoms with Gasteiger partial charge in [-0.3, -0.25) is 4.98 Å². The lowest BCUT2D eigenvalue weighted by molar-refractivity contribution is -0.143. The Morgan fingerprint density at radius 1 is 1.21 bits per heavy atom. The first-order valence-electron chi connectivity index (χ1n) is 10.2. The molecule has 1 unspecified atom stereocenters. The number of anilines is 2. The average Bonchev–Trinajstić information content (AvgIpc) is 3.35. The minimum absolute atomic E-state index is 0.373. The number of methoxy groups -OCH3 is 1. The van der Waals surface area contributed by atoms with Gasteiger partial charge >= 0.3 is 12.1 Å². The maximum absolute atomic E-state index is 12.6. The van der Waals surface area contributed by atoms with Crippen LogP contribution in [0.25, 0.3) is 22.0 Å². The third-order valence-corrected chi connectivity index (χ3v) is 4.77. The number of likely N-dealkylation sites (N-methyl/N-ethyl adjacent to an activating group) is 1. The molecule has 0 spiro atoms. The quantitative estimate of drug-likeness (QED) is 0.433. The third-order valence-electron chi connectivity index (χ3n) is 4.77.